The van der Waals surface area contributed by atoms with Crippen LogP contribution in [0.5, 0.6) is 0 Å². The average Bonchev–Trinajstić information content (AvgIpc) is 2.75. The summed E-state index contributed by atoms with van der Waals surface area (Å²) in [6, 6.07) is 2.08. The number of thiophene rings is 1. The molecule has 0 amide bonds. The number of anilines is 1. The van der Waals surface area contributed by atoms with Crippen molar-refractivity contribution in [2.24, 2.45) is 0 Å². The van der Waals surface area contributed by atoms with E-state index >= 15 is 0 Å². The summed E-state index contributed by atoms with van der Waals surface area (Å²) in [4.78, 5) is 10.3. The van der Waals surface area contributed by atoms with E-state index in [1.165, 1.54) is 0 Å². The van der Waals surface area contributed by atoms with Gasteiger partial charge < -0.3 is 5.32 Å². The fourth-order valence-corrected chi connectivity index (χ4v) is 2.90. The van der Waals surface area contributed by atoms with Crippen LogP contribution in [0.2, 0.25) is 0 Å². The van der Waals surface area contributed by atoms with E-state index in [0.29, 0.717) is 5.25 Å². The third kappa shape index (κ3) is 3.10. The first-order valence-corrected chi connectivity index (χ1v) is 7.73. The standard InChI is InChI=1S/C12H17N3S2/c1-4-13-11-9-5-6-16-12(9)15-10(14-11)7-17-8(2)3/h5-6,8H,4,7H2,1-3H3,(H,13,14,15). The van der Waals surface area contributed by atoms with Gasteiger partial charge in [0.05, 0.1) is 11.1 Å². The highest BCUT2D eigenvalue weighted by atomic mass is 32.2. The molecule has 5 heteroatoms. The van der Waals surface area contributed by atoms with Gasteiger partial charge in [-0.1, -0.05) is 13.8 Å². The van der Waals surface area contributed by atoms with E-state index < -0.39 is 0 Å². The molecule has 0 bridgehead atoms. The minimum absolute atomic E-state index is 0.611. The van der Waals surface area contributed by atoms with Gasteiger partial charge in [0.15, 0.2) is 0 Å². The Balaban J connectivity index is 2.30. The van der Waals surface area contributed by atoms with Crippen molar-refractivity contribution in [2.75, 3.05) is 11.9 Å². The molecule has 0 spiro atoms. The zero-order chi connectivity index (χ0) is 12.3. The summed E-state index contributed by atoms with van der Waals surface area (Å²) in [7, 11) is 0. The molecule has 2 aromatic heterocycles. The lowest BCUT2D eigenvalue weighted by atomic mass is 10.3. The molecular weight excluding hydrogens is 250 g/mol. The normalized spacial score (nSPS) is 11.3. The lowest BCUT2D eigenvalue weighted by Gasteiger charge is -2.08. The van der Waals surface area contributed by atoms with Crippen LogP contribution in [0, 0.1) is 0 Å². The van der Waals surface area contributed by atoms with E-state index in [-0.39, 0.29) is 0 Å². The smallest absolute Gasteiger partial charge is 0.142 e. The van der Waals surface area contributed by atoms with Gasteiger partial charge in [-0.05, 0) is 23.6 Å². The number of hydrogen-bond donors (Lipinski definition) is 1. The molecule has 0 saturated heterocycles. The zero-order valence-corrected chi connectivity index (χ0v) is 12.0. The second-order valence-electron chi connectivity index (χ2n) is 4.02. The zero-order valence-electron chi connectivity index (χ0n) is 10.4. The van der Waals surface area contributed by atoms with E-state index in [9.17, 15) is 0 Å². The molecule has 0 aliphatic carbocycles. The van der Waals surface area contributed by atoms with E-state index in [1.807, 2.05) is 11.8 Å². The van der Waals surface area contributed by atoms with Gasteiger partial charge in [0.2, 0.25) is 0 Å². The monoisotopic (exact) mass is 267 g/mol. The van der Waals surface area contributed by atoms with Crippen LogP contribution in [-0.4, -0.2) is 21.8 Å². The number of thioether (sulfide) groups is 1. The molecule has 2 aromatic rings. The van der Waals surface area contributed by atoms with Gasteiger partial charge in [-0.25, -0.2) is 9.97 Å². The molecule has 0 unspecified atom stereocenters. The number of nitrogens with one attached hydrogen (secondary N) is 1. The second-order valence-corrected chi connectivity index (χ2v) is 6.48. The van der Waals surface area contributed by atoms with Crippen molar-refractivity contribution in [3.05, 3.63) is 17.3 Å². The van der Waals surface area contributed by atoms with Crippen molar-refractivity contribution in [3.8, 4) is 0 Å². The van der Waals surface area contributed by atoms with Crippen LogP contribution in [0.3, 0.4) is 0 Å². The third-order valence-corrected chi connectivity index (χ3v) is 4.16. The molecule has 0 aliphatic heterocycles. The number of hydrogen-bond acceptors (Lipinski definition) is 5. The fraction of sp³-hybridized carbons (Fsp3) is 0.500. The van der Waals surface area contributed by atoms with E-state index in [0.717, 1.165) is 34.2 Å². The van der Waals surface area contributed by atoms with E-state index in [4.69, 9.17) is 0 Å². The molecule has 0 atom stereocenters. The van der Waals surface area contributed by atoms with E-state index in [1.54, 1.807) is 11.3 Å². The molecule has 0 fully saturated rings. The predicted octanol–water partition coefficient (Wildman–Crippen LogP) is 3.76. The van der Waals surface area contributed by atoms with Crippen molar-refractivity contribution in [1.29, 1.82) is 0 Å². The van der Waals surface area contributed by atoms with Gasteiger partial charge in [-0.15, -0.1) is 11.3 Å². The Morgan fingerprint density at radius 1 is 1.41 bits per heavy atom. The summed E-state index contributed by atoms with van der Waals surface area (Å²) < 4.78 is 0. The van der Waals surface area contributed by atoms with Crippen LogP contribution >= 0.6 is 23.1 Å². The quantitative estimate of drug-likeness (QED) is 0.895. The van der Waals surface area contributed by atoms with Gasteiger partial charge in [0.1, 0.15) is 16.5 Å². The Morgan fingerprint density at radius 2 is 2.24 bits per heavy atom. The first-order chi connectivity index (χ1) is 8.20. The molecule has 0 radical (unpaired) electrons. The average molecular weight is 267 g/mol. The summed E-state index contributed by atoms with van der Waals surface area (Å²) in [6.45, 7) is 7.36. The highest BCUT2D eigenvalue weighted by Gasteiger charge is 2.08. The van der Waals surface area contributed by atoms with Crippen LogP contribution in [0.25, 0.3) is 10.2 Å². The Morgan fingerprint density at radius 3 is 2.94 bits per heavy atom. The lowest BCUT2D eigenvalue weighted by Crippen LogP contribution is -2.03. The summed E-state index contributed by atoms with van der Waals surface area (Å²) in [5.41, 5.74) is 0. The van der Waals surface area contributed by atoms with E-state index in [2.05, 4.69) is 47.5 Å². The highest BCUT2D eigenvalue weighted by molar-refractivity contribution is 7.99. The van der Waals surface area contributed by atoms with Crippen LogP contribution in [0.4, 0.5) is 5.82 Å². The summed E-state index contributed by atoms with van der Waals surface area (Å²) in [5.74, 6) is 2.77. The van der Waals surface area contributed by atoms with Crippen molar-refractivity contribution < 1.29 is 0 Å². The van der Waals surface area contributed by atoms with Crippen molar-refractivity contribution in [1.82, 2.24) is 9.97 Å². The highest BCUT2D eigenvalue weighted by Crippen LogP contribution is 2.26. The topological polar surface area (TPSA) is 37.8 Å². The molecule has 1 N–H and O–H groups in total. The maximum atomic E-state index is 4.60. The molecule has 0 saturated carbocycles. The lowest BCUT2D eigenvalue weighted by molar-refractivity contribution is 1.04. The Kier molecular flexibility index (Phi) is 4.23. The molecule has 2 heterocycles. The number of fused-ring (bicyclic) bond motifs is 1. The summed E-state index contributed by atoms with van der Waals surface area (Å²) in [6.07, 6.45) is 0. The van der Waals surface area contributed by atoms with Crippen molar-refractivity contribution >= 4 is 39.1 Å². The minimum atomic E-state index is 0.611. The van der Waals surface area contributed by atoms with Crippen molar-refractivity contribution in [2.45, 2.75) is 31.8 Å². The molecule has 17 heavy (non-hydrogen) atoms. The second kappa shape index (κ2) is 5.69. The SMILES string of the molecule is CCNc1nc(CSC(C)C)nc2sccc12. The fourth-order valence-electron chi connectivity index (χ4n) is 1.51. The number of aromatic nitrogens is 2. The Bertz CT molecular complexity index is 493. The third-order valence-electron chi connectivity index (χ3n) is 2.26. The Labute approximate surface area is 110 Å². The molecule has 0 aromatic carbocycles. The first kappa shape index (κ1) is 12.6. The van der Waals surface area contributed by atoms with Crippen LogP contribution in [0.1, 0.15) is 26.6 Å². The molecule has 3 nitrogen and oxygen atoms in total. The van der Waals surface area contributed by atoms with Crippen LogP contribution in [-0.2, 0) is 5.75 Å². The summed E-state index contributed by atoms with van der Waals surface area (Å²) in [5, 5.41) is 7.13. The number of nitrogens with zero attached hydrogens (tertiary/aromatic N) is 2. The predicted molar refractivity (Wildman–Crippen MR) is 78.0 cm³/mol. The van der Waals surface area contributed by atoms with Gasteiger partial charge >= 0.3 is 0 Å². The largest absolute Gasteiger partial charge is 0.370 e. The maximum Gasteiger partial charge on any atom is 0.142 e. The molecule has 92 valence electrons. The molecule has 2 rings (SSSR count). The first-order valence-electron chi connectivity index (χ1n) is 5.80. The van der Waals surface area contributed by atoms with Gasteiger partial charge in [-0.2, -0.15) is 11.8 Å². The minimum Gasteiger partial charge on any atom is -0.370 e. The Hall–Kier alpha value is -0.810. The molecular formula is C12H17N3S2. The van der Waals surface area contributed by atoms with Gasteiger partial charge in [0, 0.05) is 6.54 Å². The van der Waals surface area contributed by atoms with Crippen LogP contribution < -0.4 is 5.32 Å². The number of rotatable bonds is 5. The van der Waals surface area contributed by atoms with Gasteiger partial charge in [-0.3, -0.25) is 0 Å². The summed E-state index contributed by atoms with van der Waals surface area (Å²) >= 11 is 3.55. The molecule has 0 aliphatic rings. The van der Waals surface area contributed by atoms with Crippen LogP contribution in [0.15, 0.2) is 11.4 Å². The maximum absolute atomic E-state index is 4.60. The van der Waals surface area contributed by atoms with Gasteiger partial charge in [0.25, 0.3) is 0 Å². The van der Waals surface area contributed by atoms with Crippen molar-refractivity contribution in [3.63, 3.8) is 0 Å².